The molecule has 2 rings (SSSR count). The predicted molar refractivity (Wildman–Crippen MR) is 57.7 cm³/mol. The van der Waals surface area contributed by atoms with Gasteiger partial charge in [0, 0.05) is 26.2 Å². The minimum Gasteiger partial charge on any atom is -0.341 e. The zero-order chi connectivity index (χ0) is 9.97. The zero-order valence-electron chi connectivity index (χ0n) is 8.75. The van der Waals surface area contributed by atoms with Crippen molar-refractivity contribution in [1.29, 1.82) is 0 Å². The van der Waals surface area contributed by atoms with Crippen LogP contribution >= 0.6 is 0 Å². The van der Waals surface area contributed by atoms with Gasteiger partial charge < -0.3 is 5.32 Å². The van der Waals surface area contributed by atoms with Crippen LogP contribution < -0.4 is 5.32 Å². The SMILES string of the molecule is CCc1nn(C)cc1NC1=NCCC1. The average molecular weight is 192 g/mol. The molecular formula is C10H16N4. The molecule has 0 saturated heterocycles. The molecule has 0 aromatic carbocycles. The molecule has 1 N–H and O–H groups in total. The Balaban J connectivity index is 2.14. The van der Waals surface area contributed by atoms with Gasteiger partial charge in [-0.1, -0.05) is 6.92 Å². The lowest BCUT2D eigenvalue weighted by molar-refractivity contribution is 0.746. The van der Waals surface area contributed by atoms with E-state index < -0.39 is 0 Å². The molecule has 1 aliphatic heterocycles. The second-order valence-corrected chi connectivity index (χ2v) is 3.57. The first kappa shape index (κ1) is 9.24. The van der Waals surface area contributed by atoms with Crippen LogP contribution in [-0.4, -0.2) is 22.2 Å². The molecule has 1 aromatic heterocycles. The summed E-state index contributed by atoms with van der Waals surface area (Å²) in [5.41, 5.74) is 2.22. The van der Waals surface area contributed by atoms with Crippen LogP contribution in [0.4, 0.5) is 5.69 Å². The Labute approximate surface area is 84.0 Å². The highest BCUT2D eigenvalue weighted by Crippen LogP contribution is 2.16. The maximum atomic E-state index is 4.38. The van der Waals surface area contributed by atoms with E-state index in [9.17, 15) is 0 Å². The third-order valence-corrected chi connectivity index (χ3v) is 2.39. The number of aromatic nitrogens is 2. The van der Waals surface area contributed by atoms with E-state index in [2.05, 4.69) is 22.3 Å². The molecule has 0 amide bonds. The van der Waals surface area contributed by atoms with Crippen molar-refractivity contribution in [3.63, 3.8) is 0 Å². The van der Waals surface area contributed by atoms with E-state index in [0.717, 1.165) is 36.6 Å². The Bertz CT molecular complexity index is 351. The quantitative estimate of drug-likeness (QED) is 0.773. The molecular weight excluding hydrogens is 176 g/mol. The molecule has 2 heterocycles. The molecule has 0 saturated carbocycles. The fraction of sp³-hybridized carbons (Fsp3) is 0.600. The minimum absolute atomic E-state index is 0.955. The van der Waals surface area contributed by atoms with Crippen molar-refractivity contribution >= 4 is 11.5 Å². The van der Waals surface area contributed by atoms with Gasteiger partial charge in [0.15, 0.2) is 0 Å². The van der Waals surface area contributed by atoms with E-state index in [4.69, 9.17) is 0 Å². The van der Waals surface area contributed by atoms with Gasteiger partial charge >= 0.3 is 0 Å². The second-order valence-electron chi connectivity index (χ2n) is 3.57. The molecule has 1 aliphatic rings. The van der Waals surface area contributed by atoms with E-state index in [1.807, 2.05) is 17.9 Å². The Morgan fingerprint density at radius 1 is 1.57 bits per heavy atom. The number of hydrogen-bond donors (Lipinski definition) is 1. The highest BCUT2D eigenvalue weighted by atomic mass is 15.3. The third kappa shape index (κ3) is 1.78. The summed E-state index contributed by atoms with van der Waals surface area (Å²) in [6.07, 6.45) is 5.21. The monoisotopic (exact) mass is 192 g/mol. The summed E-state index contributed by atoms with van der Waals surface area (Å²) in [4.78, 5) is 4.38. The third-order valence-electron chi connectivity index (χ3n) is 2.39. The normalized spacial score (nSPS) is 15.7. The molecule has 0 bridgehead atoms. The Morgan fingerprint density at radius 2 is 2.43 bits per heavy atom. The molecule has 0 aliphatic carbocycles. The number of nitrogens with one attached hydrogen (secondary N) is 1. The molecule has 0 radical (unpaired) electrons. The number of amidine groups is 1. The summed E-state index contributed by atoms with van der Waals surface area (Å²) in [5.74, 6) is 1.10. The number of anilines is 1. The molecule has 76 valence electrons. The van der Waals surface area contributed by atoms with Gasteiger partial charge in [-0.3, -0.25) is 9.67 Å². The Hall–Kier alpha value is -1.32. The van der Waals surface area contributed by atoms with Gasteiger partial charge in [-0.05, 0) is 12.8 Å². The van der Waals surface area contributed by atoms with Gasteiger partial charge in [0.05, 0.1) is 11.4 Å². The molecule has 4 heteroatoms. The summed E-state index contributed by atoms with van der Waals surface area (Å²) >= 11 is 0. The smallest absolute Gasteiger partial charge is 0.101 e. The van der Waals surface area contributed by atoms with Crippen LogP contribution in [0.2, 0.25) is 0 Å². The summed E-state index contributed by atoms with van der Waals surface area (Å²) in [6, 6.07) is 0. The van der Waals surface area contributed by atoms with Crippen LogP contribution in [0.15, 0.2) is 11.2 Å². The van der Waals surface area contributed by atoms with Crippen LogP contribution in [0.1, 0.15) is 25.5 Å². The maximum absolute atomic E-state index is 4.38. The molecule has 1 aromatic rings. The van der Waals surface area contributed by atoms with Crippen molar-refractivity contribution in [2.24, 2.45) is 12.0 Å². The van der Waals surface area contributed by atoms with Gasteiger partial charge in [0.2, 0.25) is 0 Å². The van der Waals surface area contributed by atoms with Crippen molar-refractivity contribution in [3.05, 3.63) is 11.9 Å². The van der Waals surface area contributed by atoms with Crippen LogP contribution in [-0.2, 0) is 13.5 Å². The van der Waals surface area contributed by atoms with Crippen molar-refractivity contribution in [1.82, 2.24) is 9.78 Å². The number of rotatable bonds is 2. The van der Waals surface area contributed by atoms with Gasteiger partial charge in [0.1, 0.15) is 5.84 Å². The average Bonchev–Trinajstić information content (AvgIpc) is 2.76. The van der Waals surface area contributed by atoms with Gasteiger partial charge in [0.25, 0.3) is 0 Å². The zero-order valence-corrected chi connectivity index (χ0v) is 8.75. The molecule has 0 fully saturated rings. The summed E-state index contributed by atoms with van der Waals surface area (Å²) in [6.45, 7) is 3.08. The first-order chi connectivity index (χ1) is 6.79. The fourth-order valence-corrected chi connectivity index (χ4v) is 1.70. The maximum Gasteiger partial charge on any atom is 0.101 e. The summed E-state index contributed by atoms with van der Waals surface area (Å²) in [5, 5.41) is 7.72. The Kier molecular flexibility index (Phi) is 2.52. The number of aryl methyl sites for hydroxylation is 2. The van der Waals surface area contributed by atoms with E-state index in [1.165, 1.54) is 6.42 Å². The molecule has 0 unspecified atom stereocenters. The Morgan fingerprint density at radius 3 is 3.07 bits per heavy atom. The van der Waals surface area contributed by atoms with Crippen LogP contribution in [0.5, 0.6) is 0 Å². The van der Waals surface area contributed by atoms with Crippen molar-refractivity contribution in [3.8, 4) is 0 Å². The van der Waals surface area contributed by atoms with E-state index >= 15 is 0 Å². The highest BCUT2D eigenvalue weighted by molar-refractivity contribution is 5.96. The van der Waals surface area contributed by atoms with E-state index in [1.54, 1.807) is 0 Å². The van der Waals surface area contributed by atoms with Crippen molar-refractivity contribution < 1.29 is 0 Å². The van der Waals surface area contributed by atoms with Gasteiger partial charge in [-0.15, -0.1) is 0 Å². The molecule has 14 heavy (non-hydrogen) atoms. The summed E-state index contributed by atoms with van der Waals surface area (Å²) in [7, 11) is 1.95. The predicted octanol–water partition coefficient (Wildman–Crippen LogP) is 1.59. The van der Waals surface area contributed by atoms with Crippen LogP contribution in [0.25, 0.3) is 0 Å². The lowest BCUT2D eigenvalue weighted by Crippen LogP contribution is -2.09. The van der Waals surface area contributed by atoms with E-state index in [-0.39, 0.29) is 0 Å². The molecule has 0 atom stereocenters. The fourth-order valence-electron chi connectivity index (χ4n) is 1.70. The molecule has 4 nitrogen and oxygen atoms in total. The minimum atomic E-state index is 0.955. The van der Waals surface area contributed by atoms with Crippen molar-refractivity contribution in [2.45, 2.75) is 26.2 Å². The first-order valence-corrected chi connectivity index (χ1v) is 5.12. The number of hydrogen-bond acceptors (Lipinski definition) is 3. The van der Waals surface area contributed by atoms with Crippen LogP contribution in [0, 0.1) is 0 Å². The topological polar surface area (TPSA) is 42.2 Å². The van der Waals surface area contributed by atoms with Gasteiger partial charge in [-0.2, -0.15) is 5.10 Å². The lowest BCUT2D eigenvalue weighted by Gasteiger charge is -2.03. The highest BCUT2D eigenvalue weighted by Gasteiger charge is 2.10. The number of nitrogens with zero attached hydrogens (tertiary/aromatic N) is 3. The van der Waals surface area contributed by atoms with Crippen molar-refractivity contribution in [2.75, 3.05) is 11.9 Å². The summed E-state index contributed by atoms with van der Waals surface area (Å²) < 4.78 is 1.84. The van der Waals surface area contributed by atoms with E-state index in [0.29, 0.717) is 0 Å². The molecule has 0 spiro atoms. The van der Waals surface area contributed by atoms with Gasteiger partial charge in [-0.25, -0.2) is 0 Å². The lowest BCUT2D eigenvalue weighted by atomic mass is 10.3. The largest absolute Gasteiger partial charge is 0.341 e. The standard InChI is InChI=1S/C10H16N4/c1-3-8-9(7-14(2)13-8)12-10-5-4-6-11-10/h7H,3-6H2,1-2H3,(H,11,12). The van der Waals surface area contributed by atoms with Crippen LogP contribution in [0.3, 0.4) is 0 Å². The second kappa shape index (κ2) is 3.82. The number of aliphatic imine (C=N–C) groups is 1. The first-order valence-electron chi connectivity index (χ1n) is 5.12.